The summed E-state index contributed by atoms with van der Waals surface area (Å²) >= 11 is 0.861. The highest BCUT2D eigenvalue weighted by atomic mass is 32.2. The van der Waals surface area contributed by atoms with Gasteiger partial charge in [-0.3, -0.25) is 10.1 Å². The van der Waals surface area contributed by atoms with Gasteiger partial charge in [-0.15, -0.1) is 5.10 Å². The van der Waals surface area contributed by atoms with Crippen molar-refractivity contribution in [2.75, 3.05) is 7.11 Å². The highest BCUT2D eigenvalue weighted by Crippen LogP contribution is 2.29. The van der Waals surface area contributed by atoms with E-state index in [4.69, 9.17) is 0 Å². The predicted molar refractivity (Wildman–Crippen MR) is 82.3 cm³/mol. The topological polar surface area (TPSA) is 80.1 Å². The summed E-state index contributed by atoms with van der Waals surface area (Å²) in [5, 5.41) is 9.77. The molecule has 0 unspecified atom stereocenters. The summed E-state index contributed by atoms with van der Waals surface area (Å²) in [5.74, 6) is -1.24. The van der Waals surface area contributed by atoms with Crippen LogP contribution in [0.4, 0.5) is 13.2 Å². The van der Waals surface area contributed by atoms with Gasteiger partial charge in [-0.1, -0.05) is 12.1 Å². The quantitative estimate of drug-likeness (QED) is 0.390. The largest absolute Gasteiger partial charge is 0.466 e. The Morgan fingerprint density at radius 3 is 2.79 bits per heavy atom. The fraction of sp³-hybridized carbons (Fsp3) is 0.143. The Morgan fingerprint density at radius 1 is 1.38 bits per heavy atom. The number of ether oxygens (including phenoxy) is 1. The average Bonchev–Trinajstić information content (AvgIpc) is 2.86. The molecule has 0 saturated carbocycles. The fourth-order valence-electron chi connectivity index (χ4n) is 1.58. The summed E-state index contributed by atoms with van der Waals surface area (Å²) in [6, 6.07) is 4.55. The summed E-state index contributed by atoms with van der Waals surface area (Å²) in [6.45, 7) is 0. The minimum atomic E-state index is -4.45. The molecule has 2 rings (SSSR count). The van der Waals surface area contributed by atoms with Crippen LogP contribution in [-0.4, -0.2) is 30.4 Å². The number of amides is 1. The van der Waals surface area contributed by atoms with Gasteiger partial charge in [-0.05, 0) is 29.5 Å². The van der Waals surface area contributed by atoms with Crippen LogP contribution in [0.2, 0.25) is 0 Å². The van der Waals surface area contributed by atoms with E-state index in [9.17, 15) is 22.8 Å². The molecule has 0 spiro atoms. The number of carbonyl (C=O) groups is 2. The van der Waals surface area contributed by atoms with Crippen LogP contribution in [-0.2, 0) is 20.5 Å². The number of benzene rings is 1. The average molecular weight is 357 g/mol. The number of halogens is 3. The van der Waals surface area contributed by atoms with Gasteiger partial charge in [0.2, 0.25) is 0 Å². The smallest absolute Gasteiger partial charge is 0.416 e. The zero-order valence-corrected chi connectivity index (χ0v) is 12.9. The molecule has 1 saturated heterocycles. The number of amidine groups is 1. The molecular formula is C14H10F3N3O3S. The van der Waals surface area contributed by atoms with Crippen molar-refractivity contribution in [3.63, 3.8) is 0 Å². The van der Waals surface area contributed by atoms with Gasteiger partial charge in [0.15, 0.2) is 5.17 Å². The van der Waals surface area contributed by atoms with Gasteiger partial charge in [0, 0.05) is 6.08 Å². The summed E-state index contributed by atoms with van der Waals surface area (Å²) < 4.78 is 42.2. The van der Waals surface area contributed by atoms with Gasteiger partial charge in [0.25, 0.3) is 5.91 Å². The Labute approximate surface area is 138 Å². The van der Waals surface area contributed by atoms with Crippen LogP contribution in [0.1, 0.15) is 11.1 Å². The van der Waals surface area contributed by atoms with Crippen molar-refractivity contribution in [2.24, 2.45) is 10.2 Å². The van der Waals surface area contributed by atoms with E-state index in [1.54, 1.807) is 0 Å². The van der Waals surface area contributed by atoms with E-state index in [1.807, 2.05) is 0 Å². The molecule has 126 valence electrons. The van der Waals surface area contributed by atoms with Gasteiger partial charge >= 0.3 is 12.1 Å². The maximum atomic E-state index is 12.6. The maximum absolute atomic E-state index is 12.6. The van der Waals surface area contributed by atoms with Gasteiger partial charge in [0.1, 0.15) is 0 Å². The Kier molecular flexibility index (Phi) is 5.39. The van der Waals surface area contributed by atoms with Crippen molar-refractivity contribution in [1.29, 1.82) is 0 Å². The van der Waals surface area contributed by atoms with Crippen molar-refractivity contribution in [3.8, 4) is 0 Å². The van der Waals surface area contributed by atoms with E-state index in [1.165, 1.54) is 19.2 Å². The molecule has 24 heavy (non-hydrogen) atoms. The molecule has 0 atom stereocenters. The molecule has 6 nitrogen and oxygen atoms in total. The summed E-state index contributed by atoms with van der Waals surface area (Å²) in [5.41, 5.74) is -0.597. The van der Waals surface area contributed by atoms with E-state index in [0.29, 0.717) is 0 Å². The van der Waals surface area contributed by atoms with Gasteiger partial charge < -0.3 is 4.74 Å². The van der Waals surface area contributed by atoms with Gasteiger partial charge in [0.05, 0.1) is 23.8 Å². The lowest BCUT2D eigenvalue weighted by atomic mass is 10.1. The van der Waals surface area contributed by atoms with Crippen molar-refractivity contribution in [1.82, 2.24) is 5.32 Å². The number of esters is 1. The molecule has 1 fully saturated rings. The van der Waals surface area contributed by atoms with Crippen LogP contribution in [0.5, 0.6) is 0 Å². The summed E-state index contributed by atoms with van der Waals surface area (Å²) in [4.78, 5) is 22.7. The molecule has 0 bridgehead atoms. The Morgan fingerprint density at radius 2 is 2.12 bits per heavy atom. The van der Waals surface area contributed by atoms with Gasteiger partial charge in [-0.2, -0.15) is 18.3 Å². The zero-order chi connectivity index (χ0) is 17.7. The minimum absolute atomic E-state index is 0.0786. The molecule has 1 heterocycles. The second-order valence-electron chi connectivity index (χ2n) is 4.36. The number of nitrogens with zero attached hydrogens (tertiary/aromatic N) is 2. The number of hydrogen-bond donors (Lipinski definition) is 1. The molecule has 1 amide bonds. The number of carbonyl (C=O) groups excluding carboxylic acids is 2. The zero-order valence-electron chi connectivity index (χ0n) is 12.1. The summed E-state index contributed by atoms with van der Waals surface area (Å²) in [6.07, 6.45) is -2.32. The molecule has 1 aromatic carbocycles. The number of thioether (sulfide) groups is 1. The number of alkyl halides is 3. The third kappa shape index (κ3) is 4.69. The van der Waals surface area contributed by atoms with Crippen molar-refractivity contribution >= 4 is 35.0 Å². The van der Waals surface area contributed by atoms with E-state index < -0.39 is 23.6 Å². The Bertz CT molecular complexity index is 757. The maximum Gasteiger partial charge on any atom is 0.416 e. The van der Waals surface area contributed by atoms with E-state index >= 15 is 0 Å². The van der Waals surface area contributed by atoms with Crippen LogP contribution < -0.4 is 5.32 Å². The lowest BCUT2D eigenvalue weighted by Gasteiger charge is -2.06. The van der Waals surface area contributed by atoms with Crippen molar-refractivity contribution in [3.05, 3.63) is 46.4 Å². The lowest BCUT2D eigenvalue weighted by molar-refractivity contribution is -0.137. The number of nitrogens with one attached hydrogen (secondary N) is 1. The first-order valence-corrected chi connectivity index (χ1v) is 7.18. The first-order valence-electron chi connectivity index (χ1n) is 6.37. The monoisotopic (exact) mass is 357 g/mol. The van der Waals surface area contributed by atoms with Crippen molar-refractivity contribution < 1.29 is 27.5 Å². The Balaban J connectivity index is 2.09. The van der Waals surface area contributed by atoms with E-state index in [2.05, 4.69) is 20.3 Å². The van der Waals surface area contributed by atoms with Crippen LogP contribution >= 0.6 is 11.8 Å². The second-order valence-corrected chi connectivity index (χ2v) is 5.39. The Hall–Kier alpha value is -2.62. The van der Waals surface area contributed by atoms with Crippen molar-refractivity contribution in [2.45, 2.75) is 6.18 Å². The number of hydrogen-bond acceptors (Lipinski definition) is 6. The normalized spacial score (nSPS) is 18.4. The third-order valence-electron chi connectivity index (χ3n) is 2.67. The standard InChI is InChI=1S/C14H10F3N3O3S/c1-23-11(21)6-10-12(22)19-13(24-10)20-18-7-8-3-2-4-9(5-8)14(15,16)17/h2-7H,1H3,(H,19,20,22)/b10-6+,18-7?. The first-order chi connectivity index (χ1) is 11.3. The third-order valence-corrected chi connectivity index (χ3v) is 3.57. The molecule has 0 radical (unpaired) electrons. The molecular weight excluding hydrogens is 347 g/mol. The van der Waals surface area contributed by atoms with E-state index in [-0.39, 0.29) is 15.6 Å². The molecule has 1 aliphatic rings. The molecule has 1 aromatic rings. The molecule has 1 N–H and O–H groups in total. The van der Waals surface area contributed by atoms with Crippen LogP contribution in [0, 0.1) is 0 Å². The minimum Gasteiger partial charge on any atom is -0.466 e. The van der Waals surface area contributed by atoms with Crippen LogP contribution in [0.25, 0.3) is 0 Å². The lowest BCUT2D eigenvalue weighted by Crippen LogP contribution is -2.19. The van der Waals surface area contributed by atoms with Crippen LogP contribution in [0.3, 0.4) is 0 Å². The highest BCUT2D eigenvalue weighted by molar-refractivity contribution is 8.18. The van der Waals surface area contributed by atoms with Gasteiger partial charge in [-0.25, -0.2) is 4.79 Å². The highest BCUT2D eigenvalue weighted by Gasteiger charge is 2.30. The molecule has 10 heteroatoms. The number of rotatable bonds is 3. The molecule has 0 aromatic heterocycles. The first kappa shape index (κ1) is 17.7. The second kappa shape index (κ2) is 7.30. The molecule has 0 aliphatic carbocycles. The van der Waals surface area contributed by atoms with E-state index in [0.717, 1.165) is 36.2 Å². The predicted octanol–water partition coefficient (Wildman–Crippen LogP) is 2.32. The summed E-state index contributed by atoms with van der Waals surface area (Å²) in [7, 11) is 1.17. The fourth-order valence-corrected chi connectivity index (χ4v) is 2.32. The van der Waals surface area contributed by atoms with Crippen LogP contribution in [0.15, 0.2) is 45.4 Å². The molecule has 1 aliphatic heterocycles. The SMILES string of the molecule is COC(=O)/C=C1/S/C(=N\N=Cc2cccc(C(F)(F)F)c2)NC1=O. The number of methoxy groups -OCH3 is 1.